The van der Waals surface area contributed by atoms with Crippen molar-refractivity contribution in [3.63, 3.8) is 0 Å². The number of ether oxygens (including phenoxy) is 2. The predicted octanol–water partition coefficient (Wildman–Crippen LogP) is 0.791. The molecule has 1 saturated heterocycles. The third-order valence-corrected chi connectivity index (χ3v) is 1.95. The molecule has 12 heavy (non-hydrogen) atoms. The first-order chi connectivity index (χ1) is 5.93. The maximum absolute atomic E-state index is 5.47. The molecule has 0 bridgehead atoms. The van der Waals surface area contributed by atoms with E-state index in [-0.39, 0.29) is 6.10 Å². The van der Waals surface area contributed by atoms with E-state index in [1.54, 1.807) is 0 Å². The van der Waals surface area contributed by atoms with Gasteiger partial charge in [-0.15, -0.1) is 0 Å². The van der Waals surface area contributed by atoms with E-state index < -0.39 is 0 Å². The Labute approximate surface area is 74.4 Å². The highest BCUT2D eigenvalue weighted by Gasteiger charge is 2.12. The van der Waals surface area contributed by atoms with Gasteiger partial charge in [0, 0.05) is 19.7 Å². The Morgan fingerprint density at radius 3 is 3.17 bits per heavy atom. The van der Waals surface area contributed by atoms with Crippen LogP contribution in [-0.4, -0.2) is 39.0 Å². The third kappa shape index (κ3) is 4.04. The van der Waals surface area contributed by atoms with Crippen LogP contribution in [-0.2, 0) is 9.47 Å². The molecule has 1 fully saturated rings. The summed E-state index contributed by atoms with van der Waals surface area (Å²) < 4.78 is 10.9. The van der Waals surface area contributed by atoms with Crippen LogP contribution in [0.2, 0.25) is 0 Å². The summed E-state index contributed by atoms with van der Waals surface area (Å²) in [5.41, 5.74) is 0. The second-order valence-electron chi connectivity index (χ2n) is 3.13. The molecule has 0 spiro atoms. The largest absolute Gasteiger partial charge is 0.379 e. The van der Waals surface area contributed by atoms with E-state index in [9.17, 15) is 0 Å². The molecule has 0 unspecified atom stereocenters. The monoisotopic (exact) mass is 173 g/mol. The molecule has 0 aromatic carbocycles. The summed E-state index contributed by atoms with van der Waals surface area (Å²) in [4.78, 5) is 0. The zero-order chi connectivity index (χ0) is 8.65. The predicted molar refractivity (Wildman–Crippen MR) is 48.3 cm³/mol. The summed E-state index contributed by atoms with van der Waals surface area (Å²) in [6, 6.07) is 0. The Balaban J connectivity index is 1.91. The van der Waals surface area contributed by atoms with E-state index in [4.69, 9.17) is 9.47 Å². The van der Waals surface area contributed by atoms with Crippen LogP contribution in [0.1, 0.15) is 19.8 Å². The van der Waals surface area contributed by atoms with Crippen LogP contribution >= 0.6 is 0 Å². The van der Waals surface area contributed by atoms with Crippen molar-refractivity contribution in [2.24, 2.45) is 0 Å². The molecule has 0 saturated carbocycles. The van der Waals surface area contributed by atoms with Crippen LogP contribution in [0.3, 0.4) is 0 Å². The van der Waals surface area contributed by atoms with Crippen molar-refractivity contribution in [3.05, 3.63) is 0 Å². The quantitative estimate of drug-likeness (QED) is 0.624. The van der Waals surface area contributed by atoms with Gasteiger partial charge in [-0.2, -0.15) is 0 Å². The van der Waals surface area contributed by atoms with Crippen molar-refractivity contribution in [2.75, 3.05) is 32.9 Å². The summed E-state index contributed by atoms with van der Waals surface area (Å²) in [5, 5.41) is 3.27. The number of hydrogen-bond acceptors (Lipinski definition) is 3. The maximum Gasteiger partial charge on any atom is 0.0933 e. The molecular weight excluding hydrogens is 154 g/mol. The van der Waals surface area contributed by atoms with E-state index in [0.29, 0.717) is 0 Å². The molecule has 3 heteroatoms. The van der Waals surface area contributed by atoms with E-state index in [1.807, 2.05) is 0 Å². The number of hydrogen-bond donors (Lipinski definition) is 1. The molecule has 3 nitrogen and oxygen atoms in total. The highest BCUT2D eigenvalue weighted by Crippen LogP contribution is 1.97. The van der Waals surface area contributed by atoms with Crippen molar-refractivity contribution < 1.29 is 9.47 Å². The first-order valence-corrected chi connectivity index (χ1v) is 4.83. The molecular formula is C9H19NO2. The van der Waals surface area contributed by atoms with Gasteiger partial charge >= 0.3 is 0 Å². The van der Waals surface area contributed by atoms with E-state index in [1.165, 1.54) is 6.42 Å². The highest BCUT2D eigenvalue weighted by molar-refractivity contribution is 4.65. The lowest BCUT2D eigenvalue weighted by atomic mass is 10.3. The van der Waals surface area contributed by atoms with Gasteiger partial charge in [0.2, 0.25) is 0 Å². The molecule has 72 valence electrons. The summed E-state index contributed by atoms with van der Waals surface area (Å²) in [6.07, 6.45) is 2.62. The van der Waals surface area contributed by atoms with Gasteiger partial charge in [0.25, 0.3) is 0 Å². The SMILES string of the molecule is CCCCOC[C@H]1CNCCO1. The van der Waals surface area contributed by atoms with Crippen molar-refractivity contribution in [1.29, 1.82) is 0 Å². The third-order valence-electron chi connectivity index (χ3n) is 1.95. The number of morpholine rings is 1. The number of unbranched alkanes of at least 4 members (excludes halogenated alkanes) is 1. The lowest BCUT2D eigenvalue weighted by Gasteiger charge is -2.23. The van der Waals surface area contributed by atoms with Crippen LogP contribution in [0.15, 0.2) is 0 Å². The van der Waals surface area contributed by atoms with Gasteiger partial charge in [0.15, 0.2) is 0 Å². The van der Waals surface area contributed by atoms with Crippen molar-refractivity contribution in [2.45, 2.75) is 25.9 Å². The number of rotatable bonds is 5. The molecule has 1 rings (SSSR count). The molecule has 0 radical (unpaired) electrons. The molecule has 0 aromatic rings. The average molecular weight is 173 g/mol. The lowest BCUT2D eigenvalue weighted by molar-refractivity contribution is -0.0317. The minimum Gasteiger partial charge on any atom is -0.379 e. The summed E-state index contributed by atoms with van der Waals surface area (Å²) >= 11 is 0. The van der Waals surface area contributed by atoms with Crippen LogP contribution in [0.25, 0.3) is 0 Å². The normalized spacial score (nSPS) is 24.2. The Hall–Kier alpha value is -0.120. The fourth-order valence-corrected chi connectivity index (χ4v) is 1.19. The number of nitrogens with one attached hydrogen (secondary N) is 1. The van der Waals surface area contributed by atoms with Crippen molar-refractivity contribution >= 4 is 0 Å². The van der Waals surface area contributed by atoms with Crippen LogP contribution in [0, 0.1) is 0 Å². The lowest BCUT2D eigenvalue weighted by Crippen LogP contribution is -2.41. The second kappa shape index (κ2) is 6.40. The van der Waals surface area contributed by atoms with Gasteiger partial charge in [0.05, 0.1) is 19.3 Å². The fourth-order valence-electron chi connectivity index (χ4n) is 1.19. The minimum absolute atomic E-state index is 0.274. The molecule has 0 aromatic heterocycles. The van der Waals surface area contributed by atoms with Gasteiger partial charge in [0.1, 0.15) is 0 Å². The highest BCUT2D eigenvalue weighted by atomic mass is 16.5. The van der Waals surface area contributed by atoms with Crippen molar-refractivity contribution in [3.8, 4) is 0 Å². The van der Waals surface area contributed by atoms with Gasteiger partial charge in [-0.3, -0.25) is 0 Å². The van der Waals surface area contributed by atoms with Gasteiger partial charge in [-0.05, 0) is 6.42 Å². The zero-order valence-corrected chi connectivity index (χ0v) is 7.84. The van der Waals surface area contributed by atoms with Gasteiger partial charge in [-0.25, -0.2) is 0 Å². The molecule has 1 heterocycles. The Kier molecular flexibility index (Phi) is 5.32. The van der Waals surface area contributed by atoms with Crippen LogP contribution < -0.4 is 5.32 Å². The molecule has 1 aliphatic heterocycles. The first-order valence-electron chi connectivity index (χ1n) is 4.83. The molecule has 1 atom stereocenters. The van der Waals surface area contributed by atoms with Gasteiger partial charge < -0.3 is 14.8 Å². The molecule has 1 N–H and O–H groups in total. The average Bonchev–Trinajstić information content (AvgIpc) is 2.14. The minimum atomic E-state index is 0.274. The standard InChI is InChI=1S/C9H19NO2/c1-2-3-5-11-8-9-7-10-4-6-12-9/h9-10H,2-8H2,1H3/t9-/m1/s1. The summed E-state index contributed by atoms with van der Waals surface area (Å²) in [5.74, 6) is 0. The molecule has 1 aliphatic rings. The van der Waals surface area contributed by atoms with Crippen molar-refractivity contribution in [1.82, 2.24) is 5.32 Å². The Morgan fingerprint density at radius 1 is 1.58 bits per heavy atom. The van der Waals surface area contributed by atoms with E-state index in [2.05, 4.69) is 12.2 Å². The first kappa shape index (κ1) is 9.96. The van der Waals surface area contributed by atoms with Crippen LogP contribution in [0.5, 0.6) is 0 Å². The topological polar surface area (TPSA) is 30.5 Å². The summed E-state index contributed by atoms with van der Waals surface area (Å²) in [6.45, 7) is 6.52. The van der Waals surface area contributed by atoms with E-state index >= 15 is 0 Å². The maximum atomic E-state index is 5.47. The van der Waals surface area contributed by atoms with E-state index in [0.717, 1.165) is 39.3 Å². The molecule has 0 amide bonds. The Morgan fingerprint density at radius 2 is 2.50 bits per heavy atom. The Bertz CT molecular complexity index is 103. The zero-order valence-electron chi connectivity index (χ0n) is 7.84. The smallest absolute Gasteiger partial charge is 0.0933 e. The summed E-state index contributed by atoms with van der Waals surface area (Å²) in [7, 11) is 0. The van der Waals surface area contributed by atoms with Gasteiger partial charge in [-0.1, -0.05) is 13.3 Å². The fraction of sp³-hybridized carbons (Fsp3) is 1.00. The second-order valence-corrected chi connectivity index (χ2v) is 3.13. The molecule has 0 aliphatic carbocycles. The van der Waals surface area contributed by atoms with Crippen LogP contribution in [0.4, 0.5) is 0 Å².